The van der Waals surface area contributed by atoms with Crippen LogP contribution in [0.15, 0.2) is 41.5 Å². The van der Waals surface area contributed by atoms with Gasteiger partial charge in [0.25, 0.3) is 5.91 Å². The number of hydrogen-bond acceptors (Lipinski definition) is 5. The molecule has 8 heteroatoms. The zero-order valence-corrected chi connectivity index (χ0v) is 20.1. The maximum atomic E-state index is 13.3. The molecule has 3 aromatic rings. The Labute approximate surface area is 202 Å². The molecule has 2 amide bonds. The Morgan fingerprint density at radius 3 is 2.76 bits per heavy atom. The number of rotatable bonds is 5. The van der Waals surface area contributed by atoms with Crippen LogP contribution < -0.4 is 0 Å². The normalized spacial score (nSPS) is 23.4. The molecule has 0 N–H and O–H groups in total. The van der Waals surface area contributed by atoms with E-state index in [0.717, 1.165) is 77.2 Å². The number of amidine groups is 1. The second-order valence-electron chi connectivity index (χ2n) is 10.3. The zero-order chi connectivity index (χ0) is 23.0. The van der Waals surface area contributed by atoms with Gasteiger partial charge in [-0.15, -0.1) is 11.3 Å². The van der Waals surface area contributed by atoms with Gasteiger partial charge in [0, 0.05) is 42.9 Å². The van der Waals surface area contributed by atoms with Gasteiger partial charge >= 0.3 is 0 Å². The molecule has 1 spiro atoms. The highest BCUT2D eigenvalue weighted by atomic mass is 32.1. The van der Waals surface area contributed by atoms with Crippen LogP contribution in [-0.2, 0) is 16.6 Å². The number of aliphatic imine (C=N–C) groups is 1. The Balaban J connectivity index is 1.14. The molecule has 4 heterocycles. The van der Waals surface area contributed by atoms with Crippen molar-refractivity contribution < 1.29 is 9.59 Å². The van der Waals surface area contributed by atoms with E-state index in [1.807, 2.05) is 27.7 Å². The fourth-order valence-electron chi connectivity index (χ4n) is 5.42. The molecular formula is C26H27N5O2S. The summed E-state index contributed by atoms with van der Waals surface area (Å²) < 4.78 is 1.88. The van der Waals surface area contributed by atoms with Crippen molar-refractivity contribution in [2.45, 2.75) is 37.6 Å². The number of carbonyl (C=O) groups is 2. The fraction of sp³-hybridized carbons (Fsp3) is 0.462. The predicted octanol–water partition coefficient (Wildman–Crippen LogP) is 3.68. The number of aromatic nitrogens is 2. The second kappa shape index (κ2) is 7.25. The lowest BCUT2D eigenvalue weighted by molar-refractivity contribution is -0.131. The van der Waals surface area contributed by atoms with Crippen molar-refractivity contribution in [2.24, 2.45) is 23.9 Å². The summed E-state index contributed by atoms with van der Waals surface area (Å²) >= 11 is 1.69. The average Bonchev–Trinajstić information content (AvgIpc) is 3.66. The maximum Gasteiger partial charge on any atom is 0.256 e. The Morgan fingerprint density at radius 1 is 1.15 bits per heavy atom. The Kier molecular flexibility index (Phi) is 4.34. The van der Waals surface area contributed by atoms with E-state index in [9.17, 15) is 9.59 Å². The van der Waals surface area contributed by atoms with E-state index >= 15 is 0 Å². The first kappa shape index (κ1) is 20.4. The van der Waals surface area contributed by atoms with Gasteiger partial charge in [-0.2, -0.15) is 5.10 Å². The summed E-state index contributed by atoms with van der Waals surface area (Å²) in [6, 6.07) is 10.6. The average molecular weight is 474 g/mol. The summed E-state index contributed by atoms with van der Waals surface area (Å²) in [5.41, 5.74) is 1.74. The van der Waals surface area contributed by atoms with Crippen molar-refractivity contribution in [2.75, 3.05) is 19.6 Å². The van der Waals surface area contributed by atoms with Crippen LogP contribution in [0.4, 0.5) is 0 Å². The third-order valence-electron chi connectivity index (χ3n) is 7.76. The molecule has 2 aliphatic carbocycles. The van der Waals surface area contributed by atoms with Crippen molar-refractivity contribution >= 4 is 39.9 Å². The summed E-state index contributed by atoms with van der Waals surface area (Å²) in [5, 5.41) is 5.47. The van der Waals surface area contributed by atoms with Gasteiger partial charge in [0.05, 0.1) is 16.6 Å². The van der Waals surface area contributed by atoms with Gasteiger partial charge in [-0.3, -0.25) is 24.2 Å². The minimum absolute atomic E-state index is 0.154. The molecule has 2 saturated carbocycles. The monoisotopic (exact) mass is 473 g/mol. The zero-order valence-electron chi connectivity index (χ0n) is 19.2. The minimum Gasteiger partial charge on any atom is -0.342 e. The second-order valence-corrected chi connectivity index (χ2v) is 11.4. The molecular weight excluding hydrogens is 446 g/mol. The minimum atomic E-state index is -0.518. The lowest BCUT2D eigenvalue weighted by Gasteiger charge is -2.23. The third kappa shape index (κ3) is 3.22. The van der Waals surface area contributed by atoms with Gasteiger partial charge in [0.2, 0.25) is 5.91 Å². The Hall–Kier alpha value is -3.00. The highest BCUT2D eigenvalue weighted by molar-refractivity contribution is 7.17. The van der Waals surface area contributed by atoms with Crippen LogP contribution in [0.2, 0.25) is 0 Å². The first-order valence-corrected chi connectivity index (χ1v) is 13.1. The van der Waals surface area contributed by atoms with Gasteiger partial charge in [0.15, 0.2) is 0 Å². The van der Waals surface area contributed by atoms with Crippen molar-refractivity contribution in [1.82, 2.24) is 19.6 Å². The smallest absolute Gasteiger partial charge is 0.256 e. The highest BCUT2D eigenvalue weighted by Gasteiger charge is 2.57. The van der Waals surface area contributed by atoms with Crippen LogP contribution in [0.3, 0.4) is 0 Å². The standard InChI is InChI=1S/C26H27N5O2S/c1-29-20-5-4-18(12-19(20)13-27-29)21-6-7-22(34-21)23-28-26(9-10-26)25(33)31(23)15-16-8-11-30(14-16)24(32)17-2-3-17/h4-7,12-13,16-17H,2-3,8-11,14-15H2,1H3. The number of benzene rings is 1. The molecule has 1 aromatic carbocycles. The SMILES string of the molecule is Cn1ncc2cc(-c3ccc(C4=NC5(CC5)C(=O)N4CC4CCN(C(=O)C5CC5)C4)s3)ccc21. The molecule has 0 radical (unpaired) electrons. The summed E-state index contributed by atoms with van der Waals surface area (Å²) in [5.74, 6) is 1.87. The molecule has 34 heavy (non-hydrogen) atoms. The Bertz CT molecular complexity index is 1360. The van der Waals surface area contributed by atoms with Crippen LogP contribution in [0.5, 0.6) is 0 Å². The summed E-state index contributed by atoms with van der Waals surface area (Å²) in [4.78, 5) is 37.0. The molecule has 2 aromatic heterocycles. The molecule has 1 unspecified atom stereocenters. The molecule has 4 aliphatic rings. The molecule has 174 valence electrons. The first-order valence-electron chi connectivity index (χ1n) is 12.2. The molecule has 0 bridgehead atoms. The lowest BCUT2D eigenvalue weighted by Crippen LogP contribution is -2.40. The molecule has 7 rings (SSSR count). The first-order chi connectivity index (χ1) is 16.5. The predicted molar refractivity (Wildman–Crippen MR) is 132 cm³/mol. The van der Waals surface area contributed by atoms with Gasteiger partial charge in [-0.25, -0.2) is 0 Å². The number of hydrogen-bond donors (Lipinski definition) is 0. The van der Waals surface area contributed by atoms with Gasteiger partial charge in [-0.1, -0.05) is 6.07 Å². The van der Waals surface area contributed by atoms with Crippen LogP contribution >= 0.6 is 11.3 Å². The molecule has 7 nitrogen and oxygen atoms in total. The van der Waals surface area contributed by atoms with Crippen LogP contribution in [0.1, 0.15) is 37.0 Å². The van der Waals surface area contributed by atoms with Crippen LogP contribution in [0.25, 0.3) is 21.3 Å². The van der Waals surface area contributed by atoms with E-state index in [4.69, 9.17) is 4.99 Å². The number of thiophene rings is 1. The number of nitrogens with zero attached hydrogens (tertiary/aromatic N) is 5. The number of likely N-dealkylation sites (tertiary alicyclic amines) is 1. The van der Waals surface area contributed by atoms with Crippen LogP contribution in [-0.4, -0.2) is 62.4 Å². The summed E-state index contributed by atoms with van der Waals surface area (Å²) in [6.07, 6.45) is 6.63. The Morgan fingerprint density at radius 2 is 1.97 bits per heavy atom. The van der Waals surface area contributed by atoms with E-state index in [1.54, 1.807) is 11.3 Å². The van der Waals surface area contributed by atoms with Crippen molar-refractivity contribution in [3.05, 3.63) is 41.4 Å². The van der Waals surface area contributed by atoms with E-state index < -0.39 is 5.54 Å². The lowest BCUT2D eigenvalue weighted by atomic mass is 10.1. The van der Waals surface area contributed by atoms with Crippen molar-refractivity contribution in [3.63, 3.8) is 0 Å². The molecule has 3 fully saturated rings. The van der Waals surface area contributed by atoms with E-state index in [-0.39, 0.29) is 11.8 Å². The summed E-state index contributed by atoms with van der Waals surface area (Å²) in [7, 11) is 1.95. The molecule has 1 saturated heterocycles. The quantitative estimate of drug-likeness (QED) is 0.568. The number of aryl methyl sites for hydroxylation is 1. The maximum absolute atomic E-state index is 13.3. The third-order valence-corrected chi connectivity index (χ3v) is 8.89. The van der Waals surface area contributed by atoms with E-state index in [0.29, 0.717) is 18.4 Å². The van der Waals surface area contributed by atoms with Crippen molar-refractivity contribution in [1.29, 1.82) is 0 Å². The van der Waals surface area contributed by atoms with Gasteiger partial charge in [-0.05, 0) is 67.9 Å². The van der Waals surface area contributed by atoms with Gasteiger partial charge < -0.3 is 4.90 Å². The van der Waals surface area contributed by atoms with Crippen molar-refractivity contribution in [3.8, 4) is 10.4 Å². The highest BCUT2D eigenvalue weighted by Crippen LogP contribution is 2.47. The molecule has 1 atom stereocenters. The van der Waals surface area contributed by atoms with Gasteiger partial charge in [0.1, 0.15) is 11.4 Å². The molecule has 2 aliphatic heterocycles. The number of fused-ring (bicyclic) bond motifs is 1. The topological polar surface area (TPSA) is 70.8 Å². The fourth-order valence-corrected chi connectivity index (χ4v) is 6.42. The van der Waals surface area contributed by atoms with E-state index in [2.05, 4.69) is 35.4 Å². The number of amides is 2. The van der Waals surface area contributed by atoms with E-state index in [1.165, 1.54) is 0 Å². The van der Waals surface area contributed by atoms with Crippen LogP contribution in [0, 0.1) is 11.8 Å². The summed E-state index contributed by atoms with van der Waals surface area (Å²) in [6.45, 7) is 2.24. The largest absolute Gasteiger partial charge is 0.342 e. The number of carbonyl (C=O) groups excluding carboxylic acids is 2.